The predicted molar refractivity (Wildman–Crippen MR) is 308 cm³/mol. The third-order valence-electron chi connectivity index (χ3n) is 15.6. The lowest BCUT2D eigenvalue weighted by atomic mass is 9.81. The number of benzene rings is 13. The molecule has 0 saturated heterocycles. The van der Waals surface area contributed by atoms with Gasteiger partial charge in [-0.2, -0.15) is 0 Å². The second-order valence-electron chi connectivity index (χ2n) is 19.9. The fourth-order valence-corrected chi connectivity index (χ4v) is 12.2. The molecule has 0 amide bonds. The Bertz CT molecular complexity index is 4260. The SMILES string of the molecule is CC1(C)c2ccccc2-c2ccc(-c3ccc(N(c4ccc5c(c4)c4ccccc4c4c(-c6ccccc6)cc(-c6ccccc6)c(-c6ccccc6)c54)c4cc5ccccc5c5ccccc45)cc3)cc21. The van der Waals surface area contributed by atoms with Crippen LogP contribution in [0.2, 0.25) is 0 Å². The van der Waals surface area contributed by atoms with E-state index in [2.05, 4.69) is 280 Å². The number of hydrogen-bond donors (Lipinski definition) is 0. The number of nitrogens with zero attached hydrogens (tertiary/aromatic N) is 1. The van der Waals surface area contributed by atoms with E-state index in [4.69, 9.17) is 0 Å². The molecule has 0 heterocycles. The van der Waals surface area contributed by atoms with Gasteiger partial charge in [-0.15, -0.1) is 0 Å². The Morgan fingerprint density at radius 1 is 0.278 bits per heavy atom. The third-order valence-corrected chi connectivity index (χ3v) is 15.6. The zero-order chi connectivity index (χ0) is 47.9. The summed E-state index contributed by atoms with van der Waals surface area (Å²) < 4.78 is 0. The molecule has 0 unspecified atom stereocenters. The number of hydrogen-bond acceptors (Lipinski definition) is 1. The highest BCUT2D eigenvalue weighted by Crippen LogP contribution is 2.52. The summed E-state index contributed by atoms with van der Waals surface area (Å²) in [4.78, 5) is 2.49. The van der Waals surface area contributed by atoms with E-state index >= 15 is 0 Å². The highest BCUT2D eigenvalue weighted by molar-refractivity contribution is 6.33. The third kappa shape index (κ3) is 6.55. The molecular weight excluding hydrogens is 867 g/mol. The van der Waals surface area contributed by atoms with Crippen molar-refractivity contribution in [2.45, 2.75) is 19.3 Å². The number of anilines is 3. The minimum Gasteiger partial charge on any atom is -0.310 e. The van der Waals surface area contributed by atoms with Crippen LogP contribution in [0, 0.1) is 0 Å². The van der Waals surface area contributed by atoms with Gasteiger partial charge >= 0.3 is 0 Å². The largest absolute Gasteiger partial charge is 0.310 e. The van der Waals surface area contributed by atoms with Gasteiger partial charge in [0.2, 0.25) is 0 Å². The normalized spacial score (nSPS) is 12.7. The van der Waals surface area contributed by atoms with E-state index in [1.54, 1.807) is 0 Å². The van der Waals surface area contributed by atoms with Crippen LogP contribution in [0.4, 0.5) is 17.1 Å². The molecule has 0 radical (unpaired) electrons. The van der Waals surface area contributed by atoms with Crippen molar-refractivity contribution < 1.29 is 0 Å². The lowest BCUT2D eigenvalue weighted by molar-refractivity contribution is 0.660. The van der Waals surface area contributed by atoms with Crippen molar-refractivity contribution in [2.24, 2.45) is 0 Å². The molecule has 13 aromatic rings. The predicted octanol–water partition coefficient (Wildman–Crippen LogP) is 19.9. The van der Waals surface area contributed by atoms with Crippen molar-refractivity contribution in [1.82, 2.24) is 0 Å². The smallest absolute Gasteiger partial charge is 0.0546 e. The fourth-order valence-electron chi connectivity index (χ4n) is 12.2. The maximum atomic E-state index is 2.49. The summed E-state index contributed by atoms with van der Waals surface area (Å²) >= 11 is 0. The molecule has 0 fully saturated rings. The van der Waals surface area contributed by atoms with Crippen LogP contribution in [-0.4, -0.2) is 0 Å². The first-order chi connectivity index (χ1) is 35.5. The lowest BCUT2D eigenvalue weighted by Gasteiger charge is -2.29. The molecule has 0 saturated carbocycles. The minimum absolute atomic E-state index is 0.0739. The molecule has 1 aliphatic rings. The van der Waals surface area contributed by atoms with Crippen LogP contribution >= 0.6 is 0 Å². The van der Waals surface area contributed by atoms with Crippen molar-refractivity contribution in [3.63, 3.8) is 0 Å². The summed E-state index contributed by atoms with van der Waals surface area (Å²) in [5.41, 5.74) is 18.4. The van der Waals surface area contributed by atoms with Gasteiger partial charge in [-0.05, 0) is 158 Å². The monoisotopic (exact) mass is 915 g/mol. The van der Waals surface area contributed by atoms with Crippen LogP contribution in [0.25, 0.3) is 109 Å². The zero-order valence-electron chi connectivity index (χ0n) is 40.3. The standard InChI is InChI=1S/C71H49N/c1-71(2)65-33-19-18-30-57(65)58-40-36-50(42-66(58)71)46-34-37-52(38-35-46)72(67-43-51-26-12-13-27-54(51)55-28-14-16-31-59(55)67)53-39-41-61-64(44-53)56-29-15-17-32-60(56)69-63(48-22-8-4-9-23-48)45-62(47-20-6-3-7-21-47)68(70(61)69)49-24-10-5-11-25-49/h3-45H,1-2H3. The van der Waals surface area contributed by atoms with Crippen molar-refractivity contribution in [2.75, 3.05) is 4.90 Å². The summed E-state index contributed by atoms with van der Waals surface area (Å²) in [5.74, 6) is 0. The average Bonchev–Trinajstić information content (AvgIpc) is 3.68. The molecule has 0 spiro atoms. The van der Waals surface area contributed by atoms with E-state index in [-0.39, 0.29) is 5.41 Å². The second-order valence-corrected chi connectivity index (χ2v) is 19.9. The Kier molecular flexibility index (Phi) is 9.63. The maximum Gasteiger partial charge on any atom is 0.0546 e. The Morgan fingerprint density at radius 3 is 1.53 bits per heavy atom. The van der Waals surface area contributed by atoms with Gasteiger partial charge in [0.25, 0.3) is 0 Å². The van der Waals surface area contributed by atoms with Crippen LogP contribution in [0.15, 0.2) is 261 Å². The quantitative estimate of drug-likeness (QED) is 0.144. The van der Waals surface area contributed by atoms with Gasteiger partial charge in [-0.3, -0.25) is 0 Å². The van der Waals surface area contributed by atoms with E-state index in [0.29, 0.717) is 0 Å². The van der Waals surface area contributed by atoms with E-state index in [9.17, 15) is 0 Å². The highest BCUT2D eigenvalue weighted by atomic mass is 15.1. The van der Waals surface area contributed by atoms with Crippen molar-refractivity contribution in [1.29, 1.82) is 0 Å². The molecule has 14 rings (SSSR count). The Balaban J connectivity index is 1.04. The molecule has 0 N–H and O–H groups in total. The topological polar surface area (TPSA) is 3.24 Å². The van der Waals surface area contributed by atoms with Crippen LogP contribution in [0.1, 0.15) is 25.0 Å². The Labute approximate surface area is 420 Å². The summed E-state index contributed by atoms with van der Waals surface area (Å²) in [6.45, 7) is 4.72. The first-order valence-electron chi connectivity index (χ1n) is 25.2. The average molecular weight is 916 g/mol. The molecule has 338 valence electrons. The van der Waals surface area contributed by atoms with Gasteiger partial charge in [0, 0.05) is 22.2 Å². The van der Waals surface area contributed by atoms with E-state index in [0.717, 1.165) is 17.1 Å². The van der Waals surface area contributed by atoms with Crippen molar-refractivity contribution >= 4 is 70.9 Å². The van der Waals surface area contributed by atoms with Gasteiger partial charge < -0.3 is 4.90 Å². The van der Waals surface area contributed by atoms with Gasteiger partial charge in [0.05, 0.1) is 5.69 Å². The van der Waals surface area contributed by atoms with Crippen molar-refractivity contribution in [3.05, 3.63) is 272 Å². The van der Waals surface area contributed by atoms with Gasteiger partial charge in [0.15, 0.2) is 0 Å². The highest BCUT2D eigenvalue weighted by Gasteiger charge is 2.35. The van der Waals surface area contributed by atoms with Crippen LogP contribution < -0.4 is 4.90 Å². The van der Waals surface area contributed by atoms with E-state index < -0.39 is 0 Å². The lowest BCUT2D eigenvalue weighted by Crippen LogP contribution is -2.14. The van der Waals surface area contributed by atoms with Gasteiger partial charge in [0.1, 0.15) is 0 Å². The summed E-state index contributed by atoms with van der Waals surface area (Å²) in [5, 5.41) is 12.3. The second kappa shape index (κ2) is 16.5. The summed E-state index contributed by atoms with van der Waals surface area (Å²) in [7, 11) is 0. The van der Waals surface area contributed by atoms with Crippen LogP contribution in [-0.2, 0) is 5.41 Å². The van der Waals surface area contributed by atoms with Crippen LogP contribution in [0.5, 0.6) is 0 Å². The molecule has 0 aliphatic heterocycles. The van der Waals surface area contributed by atoms with Crippen LogP contribution in [0.3, 0.4) is 0 Å². The zero-order valence-corrected chi connectivity index (χ0v) is 40.3. The molecule has 1 nitrogen and oxygen atoms in total. The Morgan fingerprint density at radius 2 is 0.806 bits per heavy atom. The molecule has 0 aromatic heterocycles. The van der Waals surface area contributed by atoms with Crippen molar-refractivity contribution in [3.8, 4) is 55.6 Å². The van der Waals surface area contributed by atoms with Gasteiger partial charge in [-0.1, -0.05) is 232 Å². The first-order valence-corrected chi connectivity index (χ1v) is 25.2. The maximum absolute atomic E-state index is 2.49. The summed E-state index contributed by atoms with van der Waals surface area (Å²) in [6.07, 6.45) is 0. The van der Waals surface area contributed by atoms with E-state index in [1.807, 2.05) is 0 Å². The fraction of sp³-hybridized carbons (Fsp3) is 0.0423. The van der Waals surface area contributed by atoms with E-state index in [1.165, 1.54) is 121 Å². The molecule has 13 aromatic carbocycles. The molecule has 1 aliphatic carbocycles. The molecule has 1 heteroatoms. The molecular formula is C71H49N. The number of rotatable bonds is 7. The summed E-state index contributed by atoms with van der Waals surface area (Å²) in [6, 6.07) is 96.9. The molecule has 72 heavy (non-hydrogen) atoms. The van der Waals surface area contributed by atoms with Gasteiger partial charge in [-0.25, -0.2) is 0 Å². The minimum atomic E-state index is -0.0739. The first kappa shape index (κ1) is 41.9. The molecule has 0 bridgehead atoms. The molecule has 0 atom stereocenters. The number of fused-ring (bicyclic) bond motifs is 12. The Hall–Kier alpha value is -9.04.